The molecule has 1 atom stereocenters. The van der Waals surface area contributed by atoms with E-state index in [1.54, 1.807) is 31.2 Å². The molecule has 1 unspecified atom stereocenters. The van der Waals surface area contributed by atoms with Crippen LogP contribution < -0.4 is 15.2 Å². The van der Waals surface area contributed by atoms with Crippen LogP contribution in [0.1, 0.15) is 40.0 Å². The van der Waals surface area contributed by atoms with Crippen molar-refractivity contribution in [3.05, 3.63) is 89.0 Å². The molecule has 10 heteroatoms. The summed E-state index contributed by atoms with van der Waals surface area (Å²) in [5.74, 6) is -0.399. The van der Waals surface area contributed by atoms with Gasteiger partial charge < -0.3 is 5.32 Å². The van der Waals surface area contributed by atoms with Crippen molar-refractivity contribution in [3.8, 4) is 0 Å². The van der Waals surface area contributed by atoms with Gasteiger partial charge in [-0.3, -0.25) is 9.52 Å². The van der Waals surface area contributed by atoms with Crippen molar-refractivity contribution >= 4 is 31.6 Å². The average molecular weight is 488 g/mol. The van der Waals surface area contributed by atoms with Crippen LogP contribution in [0.5, 0.6) is 0 Å². The minimum absolute atomic E-state index is 0.0176. The minimum Gasteiger partial charge on any atom is -0.346 e. The molecule has 33 heavy (non-hydrogen) atoms. The van der Waals surface area contributed by atoms with E-state index in [4.69, 9.17) is 5.14 Å². The Bertz CT molecular complexity index is 1380. The van der Waals surface area contributed by atoms with Gasteiger partial charge in [0.2, 0.25) is 10.0 Å². The third kappa shape index (κ3) is 5.98. The lowest BCUT2D eigenvalue weighted by Gasteiger charge is -2.15. The molecule has 0 bridgehead atoms. The summed E-state index contributed by atoms with van der Waals surface area (Å²) in [5.41, 5.74) is 3.46. The zero-order chi connectivity index (χ0) is 24.4. The van der Waals surface area contributed by atoms with Gasteiger partial charge in [-0.15, -0.1) is 0 Å². The fraction of sp³-hybridized carbons (Fsp3) is 0.174. The van der Waals surface area contributed by atoms with E-state index in [2.05, 4.69) is 10.0 Å². The maximum atomic E-state index is 12.7. The first-order chi connectivity index (χ1) is 15.4. The standard InChI is InChI=1S/C23H25N3O5S2/c1-15-4-9-20(14-16(15)2)26-33(30,31)22-12-7-19(8-13-22)23(27)25-17(3)18-5-10-21(11-6-18)32(24,28)29/h4-14,17,26H,1-3H3,(H,25,27)(H2,24,28,29). The summed E-state index contributed by atoms with van der Waals surface area (Å²) in [5, 5.41) is 7.89. The summed E-state index contributed by atoms with van der Waals surface area (Å²) in [6.45, 7) is 5.59. The van der Waals surface area contributed by atoms with Crippen LogP contribution in [-0.4, -0.2) is 22.7 Å². The van der Waals surface area contributed by atoms with Gasteiger partial charge in [0.15, 0.2) is 0 Å². The Balaban J connectivity index is 1.69. The second-order valence-corrected chi connectivity index (χ2v) is 11.0. The van der Waals surface area contributed by atoms with Crippen LogP contribution in [0.2, 0.25) is 0 Å². The number of benzene rings is 3. The molecule has 1 amide bonds. The quantitative estimate of drug-likeness (QED) is 0.470. The molecule has 0 aliphatic heterocycles. The van der Waals surface area contributed by atoms with Crippen molar-refractivity contribution in [3.63, 3.8) is 0 Å². The molecule has 0 spiro atoms. The summed E-state index contributed by atoms with van der Waals surface area (Å²) in [6.07, 6.45) is 0. The predicted molar refractivity (Wildman–Crippen MR) is 127 cm³/mol. The molecule has 0 aromatic heterocycles. The van der Waals surface area contributed by atoms with E-state index in [0.29, 0.717) is 11.3 Å². The number of hydrogen-bond donors (Lipinski definition) is 3. The Morgan fingerprint density at radius 1 is 0.818 bits per heavy atom. The number of sulfonamides is 2. The van der Waals surface area contributed by atoms with Crippen molar-refractivity contribution in [1.82, 2.24) is 5.32 Å². The minimum atomic E-state index is -3.81. The molecular formula is C23H25N3O5S2. The molecule has 3 aromatic carbocycles. The highest BCUT2D eigenvalue weighted by Gasteiger charge is 2.17. The van der Waals surface area contributed by atoms with Crippen molar-refractivity contribution in [1.29, 1.82) is 0 Å². The van der Waals surface area contributed by atoms with Gasteiger partial charge in [-0.2, -0.15) is 0 Å². The second-order valence-electron chi connectivity index (χ2n) is 7.74. The van der Waals surface area contributed by atoms with Gasteiger partial charge in [0.25, 0.3) is 15.9 Å². The summed E-state index contributed by atoms with van der Waals surface area (Å²) >= 11 is 0. The topological polar surface area (TPSA) is 135 Å². The average Bonchev–Trinajstić information content (AvgIpc) is 2.75. The lowest BCUT2D eigenvalue weighted by atomic mass is 10.1. The number of amides is 1. The molecule has 0 heterocycles. The van der Waals surface area contributed by atoms with Crippen molar-refractivity contribution in [2.45, 2.75) is 36.6 Å². The molecular weight excluding hydrogens is 462 g/mol. The normalized spacial score (nSPS) is 12.7. The number of nitrogens with two attached hydrogens (primary N) is 1. The first kappa shape index (κ1) is 24.4. The Kier molecular flexibility index (Phi) is 6.92. The van der Waals surface area contributed by atoms with Crippen molar-refractivity contribution < 1.29 is 21.6 Å². The van der Waals surface area contributed by atoms with Crippen LogP contribution in [0.25, 0.3) is 0 Å². The monoisotopic (exact) mass is 487 g/mol. The number of primary sulfonamides is 1. The Morgan fingerprint density at radius 3 is 1.94 bits per heavy atom. The van der Waals surface area contributed by atoms with Crippen molar-refractivity contribution in [2.75, 3.05) is 4.72 Å². The van der Waals surface area contributed by atoms with E-state index < -0.39 is 32.0 Å². The van der Waals surface area contributed by atoms with Gasteiger partial charge in [-0.25, -0.2) is 22.0 Å². The molecule has 8 nitrogen and oxygen atoms in total. The largest absolute Gasteiger partial charge is 0.346 e. The van der Waals surface area contributed by atoms with Crippen LogP contribution in [0, 0.1) is 13.8 Å². The van der Waals surface area contributed by atoms with Gasteiger partial charge in [0, 0.05) is 11.3 Å². The zero-order valence-corrected chi connectivity index (χ0v) is 20.0. The Labute approximate surface area is 193 Å². The lowest BCUT2D eigenvalue weighted by Crippen LogP contribution is -2.26. The number of anilines is 1. The highest BCUT2D eigenvalue weighted by molar-refractivity contribution is 7.92. The molecule has 0 aliphatic carbocycles. The van der Waals surface area contributed by atoms with Crippen LogP contribution in [0.15, 0.2) is 76.5 Å². The molecule has 3 rings (SSSR count). The second kappa shape index (κ2) is 9.34. The molecule has 4 N–H and O–H groups in total. The first-order valence-electron chi connectivity index (χ1n) is 10.0. The van der Waals surface area contributed by atoms with Crippen molar-refractivity contribution in [2.24, 2.45) is 5.14 Å². The highest BCUT2D eigenvalue weighted by atomic mass is 32.2. The zero-order valence-electron chi connectivity index (χ0n) is 18.4. The number of carbonyl (C=O) groups is 1. The Hall–Kier alpha value is -3.21. The number of carbonyl (C=O) groups excluding carboxylic acids is 1. The Morgan fingerprint density at radius 2 is 1.39 bits per heavy atom. The van der Waals surface area contributed by atoms with Gasteiger partial charge in [-0.1, -0.05) is 18.2 Å². The summed E-state index contributed by atoms with van der Waals surface area (Å²) in [6, 6.07) is 16.3. The fourth-order valence-corrected chi connectivity index (χ4v) is 4.68. The first-order valence-corrected chi connectivity index (χ1v) is 13.0. The molecule has 3 aromatic rings. The van der Waals surface area contributed by atoms with Gasteiger partial charge in [-0.05, 0) is 86.0 Å². The van der Waals surface area contributed by atoms with Gasteiger partial charge >= 0.3 is 0 Å². The highest BCUT2D eigenvalue weighted by Crippen LogP contribution is 2.20. The number of nitrogens with one attached hydrogen (secondary N) is 2. The van der Waals surface area contributed by atoms with Crippen LogP contribution in [0.3, 0.4) is 0 Å². The number of aryl methyl sites for hydroxylation is 2. The van der Waals surface area contributed by atoms with Crippen LogP contribution in [0.4, 0.5) is 5.69 Å². The fourth-order valence-electron chi connectivity index (χ4n) is 3.11. The summed E-state index contributed by atoms with van der Waals surface area (Å²) in [4.78, 5) is 12.6. The maximum absolute atomic E-state index is 12.7. The van der Waals surface area contributed by atoms with E-state index in [-0.39, 0.29) is 15.4 Å². The molecule has 0 fully saturated rings. The van der Waals surface area contributed by atoms with Gasteiger partial charge in [0.1, 0.15) is 0 Å². The van der Waals surface area contributed by atoms with Crippen LogP contribution in [-0.2, 0) is 20.0 Å². The number of rotatable bonds is 7. The van der Waals surface area contributed by atoms with Crippen LogP contribution >= 0.6 is 0 Å². The smallest absolute Gasteiger partial charge is 0.261 e. The molecule has 0 saturated carbocycles. The van der Waals surface area contributed by atoms with E-state index in [1.807, 2.05) is 19.9 Å². The maximum Gasteiger partial charge on any atom is 0.261 e. The molecule has 0 aliphatic rings. The lowest BCUT2D eigenvalue weighted by molar-refractivity contribution is 0.0939. The molecule has 0 radical (unpaired) electrons. The predicted octanol–water partition coefficient (Wildman–Crippen LogP) is 3.24. The molecule has 174 valence electrons. The van der Waals surface area contributed by atoms with E-state index in [0.717, 1.165) is 11.1 Å². The number of hydrogen-bond acceptors (Lipinski definition) is 5. The van der Waals surface area contributed by atoms with E-state index in [9.17, 15) is 21.6 Å². The third-order valence-corrected chi connectivity index (χ3v) is 7.57. The van der Waals surface area contributed by atoms with E-state index >= 15 is 0 Å². The molecule has 0 saturated heterocycles. The third-order valence-electron chi connectivity index (χ3n) is 5.24. The van der Waals surface area contributed by atoms with Gasteiger partial charge in [0.05, 0.1) is 15.8 Å². The summed E-state index contributed by atoms with van der Waals surface area (Å²) in [7, 11) is -7.60. The van der Waals surface area contributed by atoms with E-state index in [1.165, 1.54) is 36.4 Å². The SMILES string of the molecule is Cc1ccc(NS(=O)(=O)c2ccc(C(=O)NC(C)c3ccc(S(N)(=O)=O)cc3)cc2)cc1C. The summed E-state index contributed by atoms with van der Waals surface area (Å²) < 4.78 is 50.6.